The Hall–Kier alpha value is -1.06. The maximum Gasteiger partial charge on any atom is 0.234 e. The number of halogens is 1. The number of rotatable bonds is 6. The van der Waals surface area contributed by atoms with Gasteiger partial charge in [-0.3, -0.25) is 4.79 Å². The highest BCUT2D eigenvalue weighted by molar-refractivity contribution is 5.85. The first kappa shape index (κ1) is 15.3. The number of nitrogens with one attached hydrogen (secondary N) is 2. The predicted molar refractivity (Wildman–Crippen MR) is 83.0 cm³/mol. The van der Waals surface area contributed by atoms with Crippen molar-refractivity contribution in [3.8, 4) is 0 Å². The lowest BCUT2D eigenvalue weighted by molar-refractivity contribution is -0.123. The SMILES string of the molecule is Cl.O=C(CNCC1CC1)NC1(c2ccccc2)CCC1. The number of hydrogen-bond acceptors (Lipinski definition) is 2. The first-order chi connectivity index (χ1) is 9.28. The third kappa shape index (κ3) is 3.53. The molecule has 2 aliphatic carbocycles. The number of carbonyl (C=O) groups is 1. The van der Waals surface area contributed by atoms with E-state index >= 15 is 0 Å². The van der Waals surface area contributed by atoms with Crippen LogP contribution in [0.15, 0.2) is 30.3 Å². The molecule has 2 saturated carbocycles. The summed E-state index contributed by atoms with van der Waals surface area (Å²) in [6.07, 6.45) is 5.96. The van der Waals surface area contributed by atoms with Crippen LogP contribution in [-0.2, 0) is 10.3 Å². The summed E-state index contributed by atoms with van der Waals surface area (Å²) in [6, 6.07) is 10.4. The van der Waals surface area contributed by atoms with Crippen LogP contribution in [0, 0.1) is 5.92 Å². The highest BCUT2D eigenvalue weighted by Crippen LogP contribution is 2.41. The zero-order chi connectivity index (χ0) is 13.1. The Kier molecular flexibility index (Phi) is 5.06. The van der Waals surface area contributed by atoms with E-state index in [0.717, 1.165) is 25.3 Å². The molecule has 0 aliphatic heterocycles. The summed E-state index contributed by atoms with van der Waals surface area (Å²) >= 11 is 0. The van der Waals surface area contributed by atoms with E-state index in [-0.39, 0.29) is 23.9 Å². The molecule has 0 saturated heterocycles. The van der Waals surface area contributed by atoms with Gasteiger partial charge in [0.1, 0.15) is 0 Å². The van der Waals surface area contributed by atoms with Crippen LogP contribution in [0.3, 0.4) is 0 Å². The minimum absolute atomic E-state index is 0. The molecule has 2 fully saturated rings. The molecule has 1 amide bonds. The van der Waals surface area contributed by atoms with E-state index in [4.69, 9.17) is 0 Å². The Morgan fingerprint density at radius 1 is 1.20 bits per heavy atom. The molecule has 1 aromatic rings. The van der Waals surface area contributed by atoms with Gasteiger partial charge in [0.05, 0.1) is 12.1 Å². The van der Waals surface area contributed by atoms with Gasteiger partial charge < -0.3 is 10.6 Å². The van der Waals surface area contributed by atoms with Crippen molar-refractivity contribution in [1.29, 1.82) is 0 Å². The van der Waals surface area contributed by atoms with E-state index in [1.165, 1.54) is 24.8 Å². The fourth-order valence-corrected chi connectivity index (χ4v) is 2.80. The molecule has 0 radical (unpaired) electrons. The zero-order valence-corrected chi connectivity index (χ0v) is 12.5. The number of carbonyl (C=O) groups excluding carboxylic acids is 1. The summed E-state index contributed by atoms with van der Waals surface area (Å²) < 4.78 is 0. The summed E-state index contributed by atoms with van der Waals surface area (Å²) in [4.78, 5) is 12.1. The Morgan fingerprint density at radius 2 is 1.90 bits per heavy atom. The second-order valence-electron chi connectivity index (χ2n) is 5.92. The molecule has 0 heterocycles. The van der Waals surface area contributed by atoms with E-state index in [1.807, 2.05) is 18.2 Å². The molecule has 110 valence electrons. The van der Waals surface area contributed by atoms with Gasteiger partial charge >= 0.3 is 0 Å². The molecule has 0 unspecified atom stereocenters. The van der Waals surface area contributed by atoms with Crippen molar-refractivity contribution in [3.63, 3.8) is 0 Å². The van der Waals surface area contributed by atoms with Gasteiger partial charge in [-0.25, -0.2) is 0 Å². The summed E-state index contributed by atoms with van der Waals surface area (Å²) in [5, 5.41) is 6.50. The van der Waals surface area contributed by atoms with Crippen LogP contribution < -0.4 is 10.6 Å². The van der Waals surface area contributed by atoms with Gasteiger partial charge in [0.25, 0.3) is 0 Å². The molecule has 1 aromatic carbocycles. The smallest absolute Gasteiger partial charge is 0.234 e. The lowest BCUT2D eigenvalue weighted by Gasteiger charge is -2.43. The highest BCUT2D eigenvalue weighted by atomic mass is 35.5. The third-order valence-electron chi connectivity index (χ3n) is 4.33. The number of benzene rings is 1. The average Bonchev–Trinajstić information content (AvgIpc) is 3.19. The van der Waals surface area contributed by atoms with Crippen molar-refractivity contribution in [2.45, 2.75) is 37.6 Å². The quantitative estimate of drug-likeness (QED) is 0.847. The maximum atomic E-state index is 12.1. The third-order valence-corrected chi connectivity index (χ3v) is 4.33. The molecule has 0 atom stereocenters. The predicted octanol–water partition coefficient (Wildman–Crippen LogP) is 2.60. The van der Waals surface area contributed by atoms with Gasteiger partial charge in [-0.1, -0.05) is 30.3 Å². The fraction of sp³-hybridized carbons (Fsp3) is 0.562. The zero-order valence-electron chi connectivity index (χ0n) is 11.7. The van der Waals surface area contributed by atoms with Crippen LogP contribution in [0.25, 0.3) is 0 Å². The van der Waals surface area contributed by atoms with E-state index in [9.17, 15) is 4.79 Å². The van der Waals surface area contributed by atoms with Gasteiger partial charge in [-0.15, -0.1) is 12.4 Å². The summed E-state index contributed by atoms with van der Waals surface area (Å²) in [5.41, 5.74) is 1.15. The minimum atomic E-state index is -0.0976. The van der Waals surface area contributed by atoms with Crippen molar-refractivity contribution in [1.82, 2.24) is 10.6 Å². The Morgan fingerprint density at radius 3 is 2.45 bits per heavy atom. The van der Waals surface area contributed by atoms with Gasteiger partial charge in [0.15, 0.2) is 0 Å². The molecule has 2 N–H and O–H groups in total. The normalized spacial score (nSPS) is 19.6. The lowest BCUT2D eigenvalue weighted by Crippen LogP contribution is -2.52. The largest absolute Gasteiger partial charge is 0.345 e. The van der Waals surface area contributed by atoms with Gasteiger partial charge in [-0.05, 0) is 50.1 Å². The molecule has 0 aromatic heterocycles. The topological polar surface area (TPSA) is 41.1 Å². The van der Waals surface area contributed by atoms with Crippen LogP contribution in [0.4, 0.5) is 0 Å². The van der Waals surface area contributed by atoms with Crippen LogP contribution in [0.5, 0.6) is 0 Å². The summed E-state index contributed by atoms with van der Waals surface area (Å²) in [5.74, 6) is 0.948. The molecule has 4 heteroatoms. The first-order valence-corrected chi connectivity index (χ1v) is 7.36. The van der Waals surface area contributed by atoms with E-state index < -0.39 is 0 Å². The van der Waals surface area contributed by atoms with Crippen molar-refractivity contribution in [2.24, 2.45) is 5.92 Å². The Balaban J connectivity index is 0.00000147. The van der Waals surface area contributed by atoms with Crippen LogP contribution in [0.2, 0.25) is 0 Å². The number of hydrogen-bond donors (Lipinski definition) is 2. The minimum Gasteiger partial charge on any atom is -0.345 e. The van der Waals surface area contributed by atoms with Gasteiger partial charge in [0.2, 0.25) is 5.91 Å². The first-order valence-electron chi connectivity index (χ1n) is 7.36. The second-order valence-corrected chi connectivity index (χ2v) is 5.92. The standard InChI is InChI=1S/C16H22N2O.ClH/c19-15(12-17-11-13-7-8-13)18-16(9-4-10-16)14-5-2-1-3-6-14;/h1-3,5-6,13,17H,4,7-12H2,(H,18,19);1H. The summed E-state index contributed by atoms with van der Waals surface area (Å²) in [6.45, 7) is 1.44. The molecular formula is C16H23ClN2O. The van der Waals surface area contributed by atoms with Crippen molar-refractivity contribution >= 4 is 18.3 Å². The molecular weight excluding hydrogens is 272 g/mol. The molecule has 3 rings (SSSR count). The van der Waals surface area contributed by atoms with Crippen molar-refractivity contribution in [2.75, 3.05) is 13.1 Å². The van der Waals surface area contributed by atoms with E-state index in [0.29, 0.717) is 6.54 Å². The molecule has 20 heavy (non-hydrogen) atoms. The van der Waals surface area contributed by atoms with Crippen LogP contribution in [0.1, 0.15) is 37.7 Å². The molecule has 0 spiro atoms. The monoisotopic (exact) mass is 294 g/mol. The van der Waals surface area contributed by atoms with Crippen LogP contribution in [-0.4, -0.2) is 19.0 Å². The number of amides is 1. The van der Waals surface area contributed by atoms with Crippen molar-refractivity contribution < 1.29 is 4.79 Å². The highest BCUT2D eigenvalue weighted by Gasteiger charge is 2.39. The molecule has 2 aliphatic rings. The second kappa shape index (κ2) is 6.59. The Labute approximate surface area is 126 Å². The molecule has 0 bridgehead atoms. The van der Waals surface area contributed by atoms with Gasteiger partial charge in [-0.2, -0.15) is 0 Å². The molecule has 3 nitrogen and oxygen atoms in total. The van der Waals surface area contributed by atoms with Crippen LogP contribution >= 0.6 is 12.4 Å². The lowest BCUT2D eigenvalue weighted by atomic mass is 9.72. The average molecular weight is 295 g/mol. The van der Waals surface area contributed by atoms with E-state index in [1.54, 1.807) is 0 Å². The maximum absolute atomic E-state index is 12.1. The Bertz CT molecular complexity index is 441. The summed E-state index contributed by atoms with van der Waals surface area (Å²) in [7, 11) is 0. The fourth-order valence-electron chi connectivity index (χ4n) is 2.80. The van der Waals surface area contributed by atoms with E-state index in [2.05, 4.69) is 22.8 Å². The van der Waals surface area contributed by atoms with Gasteiger partial charge in [0, 0.05) is 0 Å². The van der Waals surface area contributed by atoms with Crippen molar-refractivity contribution in [3.05, 3.63) is 35.9 Å².